The van der Waals surface area contributed by atoms with Crippen LogP contribution in [0, 0.1) is 12.3 Å². The molecule has 1 aromatic heterocycles. The van der Waals surface area contributed by atoms with Gasteiger partial charge in [-0.15, -0.1) is 0 Å². The lowest BCUT2D eigenvalue weighted by atomic mass is 9.90. The number of hydrogen-bond acceptors (Lipinski definition) is 4. The first-order chi connectivity index (χ1) is 13.0. The van der Waals surface area contributed by atoms with Crippen molar-refractivity contribution in [2.75, 3.05) is 33.4 Å². The van der Waals surface area contributed by atoms with Crippen LogP contribution in [-0.2, 0) is 12.8 Å². The van der Waals surface area contributed by atoms with Crippen LogP contribution in [0.4, 0.5) is 0 Å². The molecule has 1 aliphatic carbocycles. The quantitative estimate of drug-likeness (QED) is 0.701. The number of methoxy groups -OCH3 is 1. The van der Waals surface area contributed by atoms with Crippen LogP contribution in [0.25, 0.3) is 10.9 Å². The molecule has 0 N–H and O–H groups in total. The summed E-state index contributed by atoms with van der Waals surface area (Å²) in [5, 5.41) is 1.22. The molecule has 0 bridgehead atoms. The van der Waals surface area contributed by atoms with Gasteiger partial charge in [-0.1, -0.05) is 13.8 Å². The molecule has 2 heterocycles. The van der Waals surface area contributed by atoms with Gasteiger partial charge in [0, 0.05) is 23.7 Å². The van der Waals surface area contributed by atoms with Gasteiger partial charge < -0.3 is 14.4 Å². The van der Waals surface area contributed by atoms with E-state index in [1.165, 1.54) is 42.4 Å². The van der Waals surface area contributed by atoms with Crippen LogP contribution >= 0.6 is 0 Å². The van der Waals surface area contributed by atoms with E-state index in [-0.39, 0.29) is 0 Å². The molecule has 1 aromatic carbocycles. The highest BCUT2D eigenvalue weighted by atomic mass is 16.5. The fourth-order valence-corrected chi connectivity index (χ4v) is 4.72. The summed E-state index contributed by atoms with van der Waals surface area (Å²) in [6.07, 6.45) is 5.93. The van der Waals surface area contributed by atoms with E-state index in [4.69, 9.17) is 14.5 Å². The standard InChI is InChI=1S/C23H32N2O2/c1-16-18-14-23(2,3)15-19(18)17-12-21(26-4)22(13-20(17)24-16)27-11-7-10-25-8-5-6-9-25/h12-13H,5-11,14-15H2,1-4H3. The summed E-state index contributed by atoms with van der Waals surface area (Å²) in [6, 6.07) is 4.21. The lowest BCUT2D eigenvalue weighted by Crippen LogP contribution is -2.21. The normalized spacial score (nSPS) is 18.8. The lowest BCUT2D eigenvalue weighted by molar-refractivity contribution is 0.254. The Bertz CT molecular complexity index is 838. The van der Waals surface area contributed by atoms with E-state index < -0.39 is 0 Å². The summed E-state index contributed by atoms with van der Waals surface area (Å²) in [6.45, 7) is 11.1. The molecule has 0 radical (unpaired) electrons. The van der Waals surface area contributed by atoms with E-state index in [2.05, 4.69) is 37.8 Å². The Balaban J connectivity index is 1.56. The topological polar surface area (TPSA) is 34.6 Å². The van der Waals surface area contributed by atoms with Crippen molar-refractivity contribution in [2.24, 2.45) is 5.41 Å². The van der Waals surface area contributed by atoms with E-state index in [0.717, 1.165) is 55.1 Å². The van der Waals surface area contributed by atoms with Gasteiger partial charge in [-0.3, -0.25) is 4.98 Å². The lowest BCUT2D eigenvalue weighted by Gasteiger charge is -2.17. The maximum absolute atomic E-state index is 6.10. The van der Waals surface area contributed by atoms with Gasteiger partial charge in [0.05, 0.1) is 19.2 Å². The van der Waals surface area contributed by atoms with Gasteiger partial charge in [0.25, 0.3) is 0 Å². The molecule has 1 fully saturated rings. The van der Waals surface area contributed by atoms with Gasteiger partial charge >= 0.3 is 0 Å². The number of ether oxygens (including phenoxy) is 2. The van der Waals surface area contributed by atoms with Crippen molar-refractivity contribution in [1.29, 1.82) is 0 Å². The second kappa shape index (κ2) is 7.31. The summed E-state index contributed by atoms with van der Waals surface area (Å²) in [4.78, 5) is 7.42. The van der Waals surface area contributed by atoms with E-state index in [1.807, 2.05) is 0 Å². The van der Waals surface area contributed by atoms with Crippen molar-refractivity contribution in [3.63, 3.8) is 0 Å². The number of nitrogens with zero attached hydrogens (tertiary/aromatic N) is 2. The van der Waals surface area contributed by atoms with Gasteiger partial charge in [-0.05, 0) is 74.7 Å². The summed E-state index contributed by atoms with van der Waals surface area (Å²) < 4.78 is 11.8. The second-order valence-electron chi connectivity index (χ2n) is 8.94. The highest BCUT2D eigenvalue weighted by Gasteiger charge is 2.32. The molecule has 27 heavy (non-hydrogen) atoms. The van der Waals surface area contributed by atoms with Crippen LogP contribution in [0.15, 0.2) is 12.1 Å². The van der Waals surface area contributed by atoms with Gasteiger partial charge in [0.2, 0.25) is 0 Å². The van der Waals surface area contributed by atoms with Gasteiger partial charge in [-0.2, -0.15) is 0 Å². The Labute approximate surface area is 162 Å². The van der Waals surface area contributed by atoms with Crippen LogP contribution < -0.4 is 9.47 Å². The van der Waals surface area contributed by atoms with Gasteiger partial charge in [0.1, 0.15) is 0 Å². The Morgan fingerprint density at radius 1 is 1.07 bits per heavy atom. The first-order valence-corrected chi connectivity index (χ1v) is 10.3. The first-order valence-electron chi connectivity index (χ1n) is 10.3. The second-order valence-corrected chi connectivity index (χ2v) is 8.94. The molecule has 4 heteroatoms. The maximum Gasteiger partial charge on any atom is 0.163 e. The molecule has 2 aliphatic rings. The maximum atomic E-state index is 6.10. The van der Waals surface area contributed by atoms with Crippen LogP contribution in [0.5, 0.6) is 11.5 Å². The van der Waals surface area contributed by atoms with Crippen molar-refractivity contribution in [3.8, 4) is 11.5 Å². The van der Waals surface area contributed by atoms with Crippen LogP contribution in [0.1, 0.15) is 49.9 Å². The number of hydrogen-bond donors (Lipinski definition) is 0. The van der Waals surface area contributed by atoms with Crippen LogP contribution in [-0.4, -0.2) is 43.2 Å². The summed E-state index contributed by atoms with van der Waals surface area (Å²) in [5.41, 5.74) is 5.36. The van der Waals surface area contributed by atoms with Crippen molar-refractivity contribution in [3.05, 3.63) is 29.0 Å². The number of aryl methyl sites for hydroxylation is 1. The average molecular weight is 369 g/mol. The summed E-state index contributed by atoms with van der Waals surface area (Å²) in [5.74, 6) is 1.64. The van der Waals surface area contributed by atoms with Gasteiger partial charge in [-0.25, -0.2) is 0 Å². The zero-order valence-electron chi connectivity index (χ0n) is 17.2. The van der Waals surface area contributed by atoms with Crippen LogP contribution in [0.3, 0.4) is 0 Å². The molecular formula is C23H32N2O2. The Kier molecular flexibility index (Phi) is 5.02. The molecule has 0 unspecified atom stereocenters. The predicted molar refractivity (Wildman–Crippen MR) is 110 cm³/mol. The third-order valence-corrected chi connectivity index (χ3v) is 6.08. The third kappa shape index (κ3) is 3.77. The largest absolute Gasteiger partial charge is 0.493 e. The predicted octanol–water partition coefficient (Wildman–Crippen LogP) is 4.54. The SMILES string of the molecule is COc1cc2c3c(c(C)nc2cc1OCCCN1CCCC1)CC(C)(C)C3. The minimum Gasteiger partial charge on any atom is -0.493 e. The molecular weight excluding hydrogens is 336 g/mol. The fourth-order valence-electron chi connectivity index (χ4n) is 4.72. The molecule has 146 valence electrons. The van der Waals surface area contributed by atoms with E-state index in [1.54, 1.807) is 7.11 Å². The van der Waals surface area contributed by atoms with E-state index in [9.17, 15) is 0 Å². The molecule has 4 rings (SSSR count). The number of benzene rings is 1. The van der Waals surface area contributed by atoms with E-state index >= 15 is 0 Å². The zero-order valence-corrected chi connectivity index (χ0v) is 17.2. The molecule has 4 nitrogen and oxygen atoms in total. The highest BCUT2D eigenvalue weighted by Crippen LogP contribution is 2.43. The van der Waals surface area contributed by atoms with Crippen molar-refractivity contribution in [1.82, 2.24) is 9.88 Å². The highest BCUT2D eigenvalue weighted by molar-refractivity contribution is 5.87. The summed E-state index contributed by atoms with van der Waals surface area (Å²) >= 11 is 0. The van der Waals surface area contributed by atoms with Crippen molar-refractivity contribution >= 4 is 10.9 Å². The monoisotopic (exact) mass is 368 g/mol. The van der Waals surface area contributed by atoms with Crippen molar-refractivity contribution in [2.45, 2.75) is 52.9 Å². The molecule has 0 saturated carbocycles. The minimum absolute atomic E-state index is 0.307. The molecule has 0 amide bonds. The average Bonchev–Trinajstić information content (AvgIpc) is 3.25. The third-order valence-electron chi connectivity index (χ3n) is 6.08. The Hall–Kier alpha value is -1.81. The number of likely N-dealkylation sites (tertiary alicyclic amines) is 1. The van der Waals surface area contributed by atoms with Crippen LogP contribution in [0.2, 0.25) is 0 Å². The summed E-state index contributed by atoms with van der Waals surface area (Å²) in [7, 11) is 1.73. The van der Waals surface area contributed by atoms with Gasteiger partial charge in [0.15, 0.2) is 11.5 Å². The molecule has 1 saturated heterocycles. The van der Waals surface area contributed by atoms with Crippen molar-refractivity contribution < 1.29 is 9.47 Å². The number of fused-ring (bicyclic) bond motifs is 3. The smallest absolute Gasteiger partial charge is 0.163 e. The Morgan fingerprint density at radius 3 is 2.56 bits per heavy atom. The number of rotatable bonds is 6. The molecule has 1 aliphatic heterocycles. The minimum atomic E-state index is 0.307. The van der Waals surface area contributed by atoms with E-state index in [0.29, 0.717) is 5.41 Å². The first kappa shape index (κ1) is 18.5. The zero-order chi connectivity index (χ0) is 19.0. The number of aromatic nitrogens is 1. The molecule has 2 aromatic rings. The molecule has 0 atom stereocenters. The Morgan fingerprint density at radius 2 is 1.81 bits per heavy atom. The number of pyridine rings is 1. The molecule has 0 spiro atoms. The fraction of sp³-hybridized carbons (Fsp3) is 0.609.